The van der Waals surface area contributed by atoms with Gasteiger partial charge in [0, 0.05) is 32.4 Å². The molecule has 0 spiro atoms. The minimum atomic E-state index is -0.291. The Morgan fingerprint density at radius 3 is 3.22 bits per heavy atom. The molecule has 1 N–H and O–H groups in total. The molecule has 1 unspecified atom stereocenters. The van der Waals surface area contributed by atoms with Crippen LogP contribution in [0.3, 0.4) is 0 Å². The highest BCUT2D eigenvalue weighted by atomic mass is 19.1. The molecule has 1 aromatic rings. The van der Waals surface area contributed by atoms with Crippen molar-refractivity contribution >= 4 is 0 Å². The van der Waals surface area contributed by atoms with Gasteiger partial charge in [0.2, 0.25) is 0 Å². The Hall–Kier alpha value is -1.04. The third kappa shape index (κ3) is 4.01. The molecule has 0 bridgehead atoms. The number of nitrogens with one attached hydrogen (secondary N) is 1. The van der Waals surface area contributed by atoms with Gasteiger partial charge in [0.1, 0.15) is 5.82 Å². The lowest BCUT2D eigenvalue weighted by atomic mass is 10.2. The number of morpholine rings is 1. The molecule has 1 aliphatic heterocycles. The molecule has 1 atom stereocenters. The Bertz CT molecular complexity index is 375. The molecule has 0 radical (unpaired) electrons. The second-order valence-corrected chi connectivity index (χ2v) is 4.53. The number of hydrogen-bond acceptors (Lipinski definition) is 4. The summed E-state index contributed by atoms with van der Waals surface area (Å²) in [4.78, 5) is 6.20. The van der Waals surface area contributed by atoms with Gasteiger partial charge in [-0.25, -0.2) is 4.39 Å². The van der Waals surface area contributed by atoms with Crippen molar-refractivity contribution in [2.75, 3.05) is 32.8 Å². The zero-order valence-corrected chi connectivity index (χ0v) is 10.7. The summed E-state index contributed by atoms with van der Waals surface area (Å²) in [5.74, 6) is -0.291. The van der Waals surface area contributed by atoms with Gasteiger partial charge in [0.15, 0.2) is 0 Å². The standard InChI is InChI=1S/C13H20FN3O/c1-2-17-3-4-18-13(10-17)9-16-7-11-5-12(14)8-15-6-11/h5-6,8,13,16H,2-4,7,9-10H2,1H3. The SMILES string of the molecule is CCN1CCOC(CNCc2cncc(F)c2)C1. The normalized spacial score (nSPS) is 21.1. The third-order valence-electron chi connectivity index (χ3n) is 3.13. The third-order valence-corrected chi connectivity index (χ3v) is 3.13. The van der Waals surface area contributed by atoms with Crippen molar-refractivity contribution in [1.29, 1.82) is 0 Å². The number of hydrogen-bond donors (Lipinski definition) is 1. The summed E-state index contributed by atoms with van der Waals surface area (Å²) in [6.07, 6.45) is 3.11. The maximum Gasteiger partial charge on any atom is 0.141 e. The molecule has 2 rings (SSSR count). The number of rotatable bonds is 5. The van der Waals surface area contributed by atoms with E-state index >= 15 is 0 Å². The van der Waals surface area contributed by atoms with Gasteiger partial charge in [-0.2, -0.15) is 0 Å². The lowest BCUT2D eigenvalue weighted by Crippen LogP contribution is -2.46. The van der Waals surface area contributed by atoms with Crippen LogP contribution in [0.25, 0.3) is 0 Å². The molecule has 1 fully saturated rings. The van der Waals surface area contributed by atoms with Gasteiger partial charge in [-0.05, 0) is 18.2 Å². The van der Waals surface area contributed by atoms with Crippen LogP contribution < -0.4 is 5.32 Å². The first-order chi connectivity index (χ1) is 8.78. The fraction of sp³-hybridized carbons (Fsp3) is 0.615. The molecule has 18 heavy (non-hydrogen) atoms. The van der Waals surface area contributed by atoms with Gasteiger partial charge < -0.3 is 10.1 Å². The maximum atomic E-state index is 12.9. The molecule has 1 saturated heterocycles. The zero-order chi connectivity index (χ0) is 12.8. The fourth-order valence-electron chi connectivity index (χ4n) is 2.12. The van der Waals surface area contributed by atoms with E-state index in [2.05, 4.69) is 22.1 Å². The predicted molar refractivity (Wildman–Crippen MR) is 67.8 cm³/mol. The molecule has 0 aromatic carbocycles. The van der Waals surface area contributed by atoms with E-state index in [0.29, 0.717) is 6.54 Å². The second-order valence-electron chi connectivity index (χ2n) is 4.53. The van der Waals surface area contributed by atoms with E-state index < -0.39 is 0 Å². The zero-order valence-electron chi connectivity index (χ0n) is 10.7. The maximum absolute atomic E-state index is 12.9. The number of aromatic nitrogens is 1. The van der Waals surface area contributed by atoms with Crippen molar-refractivity contribution in [2.45, 2.75) is 19.6 Å². The lowest BCUT2D eigenvalue weighted by molar-refractivity contribution is -0.0253. The van der Waals surface area contributed by atoms with Crippen molar-refractivity contribution in [3.05, 3.63) is 29.8 Å². The van der Waals surface area contributed by atoms with Crippen molar-refractivity contribution < 1.29 is 9.13 Å². The van der Waals surface area contributed by atoms with Crippen LogP contribution in [0.1, 0.15) is 12.5 Å². The van der Waals surface area contributed by atoms with E-state index in [1.807, 2.05) is 0 Å². The Balaban J connectivity index is 1.72. The van der Waals surface area contributed by atoms with Gasteiger partial charge in [-0.1, -0.05) is 6.92 Å². The van der Waals surface area contributed by atoms with Crippen molar-refractivity contribution in [3.63, 3.8) is 0 Å². The van der Waals surface area contributed by atoms with Crippen molar-refractivity contribution in [3.8, 4) is 0 Å². The van der Waals surface area contributed by atoms with Gasteiger partial charge in [-0.3, -0.25) is 9.88 Å². The first-order valence-electron chi connectivity index (χ1n) is 6.42. The number of halogens is 1. The van der Waals surface area contributed by atoms with Crippen molar-refractivity contribution in [1.82, 2.24) is 15.2 Å². The van der Waals surface area contributed by atoms with Gasteiger partial charge >= 0.3 is 0 Å². The summed E-state index contributed by atoms with van der Waals surface area (Å²) in [5.41, 5.74) is 0.859. The minimum absolute atomic E-state index is 0.222. The molecule has 2 heterocycles. The highest BCUT2D eigenvalue weighted by Gasteiger charge is 2.18. The van der Waals surface area contributed by atoms with Crippen LogP contribution in [0, 0.1) is 5.82 Å². The van der Waals surface area contributed by atoms with Gasteiger partial charge in [0.05, 0.1) is 18.9 Å². The predicted octanol–water partition coefficient (Wildman–Crippen LogP) is 1.03. The summed E-state index contributed by atoms with van der Waals surface area (Å²) in [7, 11) is 0. The Morgan fingerprint density at radius 2 is 2.44 bits per heavy atom. The Labute approximate surface area is 107 Å². The van der Waals surface area contributed by atoms with E-state index in [1.54, 1.807) is 6.20 Å². The minimum Gasteiger partial charge on any atom is -0.374 e. The smallest absolute Gasteiger partial charge is 0.141 e. The number of pyridine rings is 1. The first kappa shape index (κ1) is 13.4. The average Bonchev–Trinajstić information content (AvgIpc) is 2.39. The molecular formula is C13H20FN3O. The van der Waals surface area contributed by atoms with Crippen LogP contribution in [0.2, 0.25) is 0 Å². The monoisotopic (exact) mass is 253 g/mol. The number of likely N-dealkylation sites (N-methyl/N-ethyl adjacent to an activating group) is 1. The summed E-state index contributed by atoms with van der Waals surface area (Å²) in [6, 6.07) is 1.50. The first-order valence-corrected chi connectivity index (χ1v) is 6.42. The number of ether oxygens (including phenoxy) is 1. The molecule has 0 aliphatic carbocycles. The molecule has 100 valence electrons. The fourth-order valence-corrected chi connectivity index (χ4v) is 2.12. The molecule has 4 nitrogen and oxygen atoms in total. The largest absolute Gasteiger partial charge is 0.374 e. The van der Waals surface area contributed by atoms with Crippen LogP contribution in [0.15, 0.2) is 18.5 Å². The highest BCUT2D eigenvalue weighted by Crippen LogP contribution is 2.05. The second kappa shape index (κ2) is 6.78. The van der Waals surface area contributed by atoms with Crippen molar-refractivity contribution in [2.24, 2.45) is 0 Å². The van der Waals surface area contributed by atoms with Crippen LogP contribution in [-0.4, -0.2) is 48.8 Å². The molecule has 0 amide bonds. The van der Waals surface area contributed by atoms with E-state index in [9.17, 15) is 4.39 Å². The van der Waals surface area contributed by atoms with Crippen LogP contribution in [0.4, 0.5) is 4.39 Å². The molecule has 5 heteroatoms. The van der Waals surface area contributed by atoms with E-state index in [4.69, 9.17) is 4.74 Å². The summed E-state index contributed by atoms with van der Waals surface area (Å²) < 4.78 is 18.6. The van der Waals surface area contributed by atoms with Gasteiger partial charge in [-0.15, -0.1) is 0 Å². The van der Waals surface area contributed by atoms with E-state index in [0.717, 1.165) is 38.3 Å². The topological polar surface area (TPSA) is 37.4 Å². The summed E-state index contributed by atoms with van der Waals surface area (Å²) >= 11 is 0. The quantitative estimate of drug-likeness (QED) is 0.850. The lowest BCUT2D eigenvalue weighted by Gasteiger charge is -2.32. The Kier molecular flexibility index (Phi) is 5.04. The van der Waals surface area contributed by atoms with Crippen LogP contribution >= 0.6 is 0 Å². The van der Waals surface area contributed by atoms with Crippen LogP contribution in [0.5, 0.6) is 0 Å². The number of nitrogens with zero attached hydrogens (tertiary/aromatic N) is 2. The Morgan fingerprint density at radius 1 is 1.56 bits per heavy atom. The molecule has 1 aromatic heterocycles. The molecule has 0 saturated carbocycles. The summed E-state index contributed by atoms with van der Waals surface area (Å²) in [5, 5.41) is 3.28. The van der Waals surface area contributed by atoms with E-state index in [1.165, 1.54) is 12.3 Å². The molecular weight excluding hydrogens is 233 g/mol. The summed E-state index contributed by atoms with van der Waals surface area (Å²) in [6.45, 7) is 7.40. The molecule has 1 aliphatic rings. The van der Waals surface area contributed by atoms with Crippen LogP contribution in [-0.2, 0) is 11.3 Å². The highest BCUT2D eigenvalue weighted by molar-refractivity contribution is 5.09. The van der Waals surface area contributed by atoms with E-state index in [-0.39, 0.29) is 11.9 Å². The van der Waals surface area contributed by atoms with Gasteiger partial charge in [0.25, 0.3) is 0 Å². The average molecular weight is 253 g/mol.